The molecule has 4 nitrogen and oxygen atoms in total. The molecule has 1 amide bonds. The van der Waals surface area contributed by atoms with E-state index in [1.165, 1.54) is 6.42 Å². The van der Waals surface area contributed by atoms with Crippen molar-refractivity contribution in [3.05, 3.63) is 0 Å². The molecule has 2 fully saturated rings. The molecule has 0 bridgehead atoms. The van der Waals surface area contributed by atoms with Crippen molar-refractivity contribution >= 4 is 5.91 Å². The minimum Gasteiger partial charge on any atom is -0.375 e. The van der Waals surface area contributed by atoms with Crippen LogP contribution in [0.1, 0.15) is 45.4 Å². The molecule has 0 saturated carbocycles. The zero-order valence-corrected chi connectivity index (χ0v) is 11.4. The molecule has 4 heteroatoms. The van der Waals surface area contributed by atoms with Crippen LogP contribution < -0.4 is 10.6 Å². The summed E-state index contributed by atoms with van der Waals surface area (Å²) >= 11 is 0. The van der Waals surface area contributed by atoms with E-state index in [9.17, 15) is 4.79 Å². The number of nitrogens with one attached hydrogen (secondary N) is 2. The van der Waals surface area contributed by atoms with Gasteiger partial charge in [-0.3, -0.25) is 4.79 Å². The maximum Gasteiger partial charge on any atom is 0.220 e. The summed E-state index contributed by atoms with van der Waals surface area (Å²) in [5, 5.41) is 6.37. The molecule has 3 atom stereocenters. The van der Waals surface area contributed by atoms with Crippen molar-refractivity contribution in [3.8, 4) is 0 Å². The van der Waals surface area contributed by atoms with Crippen LogP contribution in [0.3, 0.4) is 0 Å². The summed E-state index contributed by atoms with van der Waals surface area (Å²) in [4.78, 5) is 11.7. The van der Waals surface area contributed by atoms with E-state index < -0.39 is 0 Å². The Morgan fingerprint density at radius 2 is 2.22 bits per heavy atom. The van der Waals surface area contributed by atoms with Gasteiger partial charge in [-0.05, 0) is 58.0 Å². The van der Waals surface area contributed by atoms with Crippen molar-refractivity contribution in [2.45, 2.75) is 57.7 Å². The van der Waals surface area contributed by atoms with E-state index in [4.69, 9.17) is 4.74 Å². The number of carbonyl (C=O) groups excluding carboxylic acids is 1. The first-order valence-corrected chi connectivity index (χ1v) is 7.37. The molecular weight excluding hydrogens is 228 g/mol. The fraction of sp³-hybridized carbons (Fsp3) is 0.929. The molecular formula is C14H26N2O2. The zero-order chi connectivity index (χ0) is 12.8. The number of carbonyl (C=O) groups is 1. The van der Waals surface area contributed by atoms with Crippen LogP contribution in [-0.4, -0.2) is 37.7 Å². The highest BCUT2D eigenvalue weighted by atomic mass is 16.5. The van der Waals surface area contributed by atoms with Gasteiger partial charge in [-0.25, -0.2) is 0 Å². The van der Waals surface area contributed by atoms with Gasteiger partial charge in [-0.15, -0.1) is 0 Å². The van der Waals surface area contributed by atoms with Gasteiger partial charge in [0.25, 0.3) is 0 Å². The van der Waals surface area contributed by atoms with E-state index >= 15 is 0 Å². The van der Waals surface area contributed by atoms with E-state index in [0.717, 1.165) is 51.2 Å². The third-order valence-electron chi connectivity index (χ3n) is 4.05. The van der Waals surface area contributed by atoms with Crippen LogP contribution in [0.15, 0.2) is 0 Å². The fourth-order valence-electron chi connectivity index (χ4n) is 2.85. The summed E-state index contributed by atoms with van der Waals surface area (Å²) in [7, 11) is 0. The average Bonchev–Trinajstić information content (AvgIpc) is 2.98. The summed E-state index contributed by atoms with van der Waals surface area (Å²) in [5.41, 5.74) is 0. The molecule has 2 rings (SSSR count). The molecule has 0 aliphatic carbocycles. The first kappa shape index (κ1) is 13.8. The molecule has 2 aliphatic heterocycles. The number of rotatable bonds is 6. The smallest absolute Gasteiger partial charge is 0.220 e. The van der Waals surface area contributed by atoms with Crippen molar-refractivity contribution in [1.29, 1.82) is 0 Å². The van der Waals surface area contributed by atoms with Gasteiger partial charge in [0.05, 0.1) is 12.2 Å². The number of hydrogen-bond acceptors (Lipinski definition) is 3. The standard InChI is InChI=1S/C14H26N2O2/c1-11-2-3-13(18-11)4-5-14(17)16-9-7-12-6-8-15-10-12/h11-13,15H,2-10H2,1H3,(H,16,17). The van der Waals surface area contributed by atoms with E-state index in [1.54, 1.807) is 0 Å². The van der Waals surface area contributed by atoms with Gasteiger partial charge >= 0.3 is 0 Å². The Hall–Kier alpha value is -0.610. The molecule has 18 heavy (non-hydrogen) atoms. The molecule has 0 radical (unpaired) electrons. The molecule has 2 heterocycles. The minimum atomic E-state index is 0.184. The predicted molar refractivity (Wildman–Crippen MR) is 71.4 cm³/mol. The quantitative estimate of drug-likeness (QED) is 0.754. The molecule has 3 unspecified atom stereocenters. The highest BCUT2D eigenvalue weighted by molar-refractivity contribution is 5.75. The van der Waals surface area contributed by atoms with Crippen LogP contribution >= 0.6 is 0 Å². The second-order valence-corrected chi connectivity index (χ2v) is 5.68. The SMILES string of the molecule is CC1CCC(CCC(=O)NCCC2CCNC2)O1. The lowest BCUT2D eigenvalue weighted by Gasteiger charge is -2.12. The van der Waals surface area contributed by atoms with Crippen molar-refractivity contribution in [2.75, 3.05) is 19.6 Å². The highest BCUT2D eigenvalue weighted by Gasteiger charge is 2.22. The zero-order valence-electron chi connectivity index (χ0n) is 11.4. The van der Waals surface area contributed by atoms with Gasteiger partial charge in [0.1, 0.15) is 0 Å². The Morgan fingerprint density at radius 3 is 2.89 bits per heavy atom. The molecule has 2 aliphatic rings. The van der Waals surface area contributed by atoms with Crippen molar-refractivity contribution in [3.63, 3.8) is 0 Å². The van der Waals surface area contributed by atoms with Crippen molar-refractivity contribution < 1.29 is 9.53 Å². The maximum atomic E-state index is 11.7. The maximum absolute atomic E-state index is 11.7. The van der Waals surface area contributed by atoms with E-state index in [-0.39, 0.29) is 5.91 Å². The minimum absolute atomic E-state index is 0.184. The van der Waals surface area contributed by atoms with Crippen LogP contribution in [-0.2, 0) is 9.53 Å². The topological polar surface area (TPSA) is 50.4 Å². The Bertz CT molecular complexity index is 265. The first-order chi connectivity index (χ1) is 8.74. The van der Waals surface area contributed by atoms with Gasteiger partial charge in [0, 0.05) is 13.0 Å². The van der Waals surface area contributed by atoms with E-state index in [0.29, 0.717) is 18.6 Å². The molecule has 104 valence electrons. The highest BCUT2D eigenvalue weighted by Crippen LogP contribution is 2.22. The lowest BCUT2D eigenvalue weighted by atomic mass is 10.1. The largest absolute Gasteiger partial charge is 0.375 e. The monoisotopic (exact) mass is 254 g/mol. The van der Waals surface area contributed by atoms with Gasteiger partial charge in [0.15, 0.2) is 0 Å². The van der Waals surface area contributed by atoms with Crippen LogP contribution in [0.25, 0.3) is 0 Å². The number of ether oxygens (including phenoxy) is 1. The Morgan fingerprint density at radius 1 is 1.33 bits per heavy atom. The number of hydrogen-bond donors (Lipinski definition) is 2. The lowest BCUT2D eigenvalue weighted by molar-refractivity contribution is -0.121. The Balaban J connectivity index is 1.49. The second kappa shape index (κ2) is 7.10. The second-order valence-electron chi connectivity index (χ2n) is 5.68. The third-order valence-corrected chi connectivity index (χ3v) is 4.05. The summed E-state index contributed by atoms with van der Waals surface area (Å²) < 4.78 is 5.71. The van der Waals surface area contributed by atoms with Crippen LogP contribution in [0.2, 0.25) is 0 Å². The van der Waals surface area contributed by atoms with Gasteiger partial charge in [-0.1, -0.05) is 0 Å². The summed E-state index contributed by atoms with van der Waals surface area (Å²) in [5.74, 6) is 0.938. The summed E-state index contributed by atoms with van der Waals surface area (Å²) in [6.45, 7) is 5.18. The van der Waals surface area contributed by atoms with Gasteiger partial charge in [-0.2, -0.15) is 0 Å². The van der Waals surface area contributed by atoms with Gasteiger partial charge in [0.2, 0.25) is 5.91 Å². The molecule has 0 aromatic heterocycles. The Kier molecular flexibility index (Phi) is 5.45. The lowest BCUT2D eigenvalue weighted by Crippen LogP contribution is -2.27. The third kappa shape index (κ3) is 4.58. The molecule has 0 spiro atoms. The summed E-state index contributed by atoms with van der Waals surface area (Å²) in [6.07, 6.45) is 6.79. The van der Waals surface area contributed by atoms with E-state index in [1.807, 2.05) is 0 Å². The molecule has 0 aromatic carbocycles. The average molecular weight is 254 g/mol. The Labute approximate surface area is 110 Å². The normalized spacial score (nSPS) is 31.7. The van der Waals surface area contributed by atoms with Crippen molar-refractivity contribution in [1.82, 2.24) is 10.6 Å². The molecule has 2 N–H and O–H groups in total. The predicted octanol–water partition coefficient (Wildman–Crippen LogP) is 1.45. The van der Waals surface area contributed by atoms with Crippen LogP contribution in [0.4, 0.5) is 0 Å². The first-order valence-electron chi connectivity index (χ1n) is 7.37. The van der Waals surface area contributed by atoms with Crippen LogP contribution in [0.5, 0.6) is 0 Å². The van der Waals surface area contributed by atoms with Crippen LogP contribution in [0, 0.1) is 5.92 Å². The number of amides is 1. The fourth-order valence-corrected chi connectivity index (χ4v) is 2.85. The molecule has 2 saturated heterocycles. The summed E-state index contributed by atoms with van der Waals surface area (Å²) in [6, 6.07) is 0. The molecule has 0 aromatic rings. The van der Waals surface area contributed by atoms with E-state index in [2.05, 4.69) is 17.6 Å². The van der Waals surface area contributed by atoms with Gasteiger partial charge < -0.3 is 15.4 Å². The van der Waals surface area contributed by atoms with Crippen molar-refractivity contribution in [2.24, 2.45) is 5.92 Å².